The molecule has 0 saturated heterocycles. The lowest BCUT2D eigenvalue weighted by Gasteiger charge is -2.27. The summed E-state index contributed by atoms with van der Waals surface area (Å²) in [5.74, 6) is 0.0693. The van der Waals surface area contributed by atoms with Crippen molar-refractivity contribution in [3.8, 4) is 0 Å². The highest BCUT2D eigenvalue weighted by atomic mass is 16.7. The molecule has 1 atom stereocenters. The second-order valence-corrected chi connectivity index (χ2v) is 11.6. The van der Waals surface area contributed by atoms with Crippen molar-refractivity contribution in [1.29, 1.82) is 0 Å². The van der Waals surface area contributed by atoms with Gasteiger partial charge in [0, 0.05) is 0 Å². The van der Waals surface area contributed by atoms with E-state index in [1.165, 1.54) is 128 Å². The molecule has 4 nitrogen and oxygen atoms in total. The Morgan fingerprint density at radius 1 is 0.675 bits per heavy atom. The Morgan fingerprint density at radius 2 is 1.12 bits per heavy atom. The van der Waals surface area contributed by atoms with Crippen molar-refractivity contribution < 1.29 is 14.4 Å². The van der Waals surface area contributed by atoms with Gasteiger partial charge < -0.3 is 4.74 Å². The molecule has 0 aromatic heterocycles. The van der Waals surface area contributed by atoms with Gasteiger partial charge in [-0.1, -0.05) is 161 Å². The number of hydrogen-bond donors (Lipinski definition) is 0. The number of para-hydroxylation sites is 1. The Kier molecular flexibility index (Phi) is 23.6. The summed E-state index contributed by atoms with van der Waals surface area (Å²) < 4.78 is 5.37. The smallest absolute Gasteiger partial charge is 0.356 e. The molecule has 1 aromatic rings. The van der Waals surface area contributed by atoms with Crippen LogP contribution in [0.4, 0.5) is 5.69 Å². The number of unbranched alkanes of at least 4 members (excludes halogenated alkanes) is 16. The van der Waals surface area contributed by atoms with Gasteiger partial charge in [0.25, 0.3) is 0 Å². The van der Waals surface area contributed by atoms with Crippen LogP contribution in [0.15, 0.2) is 42.6 Å². The first-order valence-electron chi connectivity index (χ1n) is 17.0. The van der Waals surface area contributed by atoms with Crippen molar-refractivity contribution in [3.63, 3.8) is 0 Å². The fraction of sp³-hybridized carbons (Fsp3) is 0.750. The highest BCUT2D eigenvalue weighted by Gasteiger charge is 2.21. The minimum Gasteiger partial charge on any atom is -0.461 e. The molecule has 40 heavy (non-hydrogen) atoms. The zero-order chi connectivity index (χ0) is 29.1. The Morgan fingerprint density at radius 3 is 1.57 bits per heavy atom. The number of anilines is 1. The van der Waals surface area contributed by atoms with E-state index in [1.54, 1.807) is 5.06 Å². The summed E-state index contributed by atoms with van der Waals surface area (Å²) >= 11 is 0. The van der Waals surface area contributed by atoms with Gasteiger partial charge in [-0.25, -0.2) is 9.86 Å². The first kappa shape index (κ1) is 36.2. The average molecular weight is 558 g/mol. The fourth-order valence-corrected chi connectivity index (χ4v) is 5.21. The largest absolute Gasteiger partial charge is 0.461 e. The molecule has 4 heteroatoms. The lowest BCUT2D eigenvalue weighted by atomic mass is 9.94. The molecule has 230 valence electrons. The molecule has 0 bridgehead atoms. The number of rotatable bonds is 28. The van der Waals surface area contributed by atoms with E-state index in [0.29, 0.717) is 19.1 Å². The lowest BCUT2D eigenvalue weighted by molar-refractivity contribution is -0.140. The van der Waals surface area contributed by atoms with Crippen LogP contribution in [0.3, 0.4) is 0 Å². The molecular formula is C36H63NO3. The van der Waals surface area contributed by atoms with Crippen LogP contribution in [-0.4, -0.2) is 19.2 Å². The Balaban J connectivity index is 2.59. The van der Waals surface area contributed by atoms with Crippen LogP contribution in [0.1, 0.15) is 156 Å². The second-order valence-electron chi connectivity index (χ2n) is 11.6. The van der Waals surface area contributed by atoms with Crippen LogP contribution >= 0.6 is 0 Å². The third-order valence-electron chi connectivity index (χ3n) is 7.78. The Bertz CT molecular complexity index is 720. The number of ether oxygens (including phenoxy) is 1. The Labute approximate surface area is 248 Å². The van der Waals surface area contributed by atoms with Crippen LogP contribution in [0.5, 0.6) is 0 Å². The number of carbonyl (C=O) groups excluding carboxylic acids is 1. The van der Waals surface area contributed by atoms with Crippen molar-refractivity contribution in [1.82, 2.24) is 0 Å². The van der Waals surface area contributed by atoms with Crippen molar-refractivity contribution in [2.45, 2.75) is 156 Å². The molecular weight excluding hydrogens is 494 g/mol. The third kappa shape index (κ3) is 18.5. The fourth-order valence-electron chi connectivity index (χ4n) is 5.21. The van der Waals surface area contributed by atoms with Gasteiger partial charge in [0.1, 0.15) is 5.70 Å². The molecule has 1 rings (SSSR count). The topological polar surface area (TPSA) is 38.8 Å². The average Bonchev–Trinajstić information content (AvgIpc) is 2.98. The van der Waals surface area contributed by atoms with Crippen LogP contribution < -0.4 is 5.06 Å². The first-order chi connectivity index (χ1) is 19.6. The van der Waals surface area contributed by atoms with Gasteiger partial charge in [0.15, 0.2) is 0 Å². The van der Waals surface area contributed by atoms with E-state index < -0.39 is 5.97 Å². The van der Waals surface area contributed by atoms with Crippen LogP contribution in [0, 0.1) is 5.92 Å². The molecule has 0 N–H and O–H groups in total. The number of carbonyl (C=O) groups is 1. The standard InChI is InChI=1S/C36H63NO3/c1-5-8-10-12-14-16-17-19-21-24-28-34(27-23-20-18-15-13-11-9-6-2)32-40-37(35-29-25-22-26-30-35)33(4)36(38)39-31-7-3/h22,25-26,29-30,34H,4-21,23-24,27-28,31-32H2,1-3H3. The molecule has 0 fully saturated rings. The summed E-state index contributed by atoms with van der Waals surface area (Å²) in [4.78, 5) is 19.0. The summed E-state index contributed by atoms with van der Waals surface area (Å²) in [7, 11) is 0. The number of hydrogen-bond acceptors (Lipinski definition) is 4. The number of nitrogens with zero attached hydrogens (tertiary/aromatic N) is 1. The van der Waals surface area contributed by atoms with E-state index in [1.807, 2.05) is 37.3 Å². The highest BCUT2D eigenvalue weighted by molar-refractivity contribution is 5.91. The van der Waals surface area contributed by atoms with E-state index >= 15 is 0 Å². The lowest BCUT2D eigenvalue weighted by Crippen LogP contribution is -2.30. The maximum absolute atomic E-state index is 12.6. The van der Waals surface area contributed by atoms with Crippen molar-refractivity contribution in [2.75, 3.05) is 18.3 Å². The Hall–Kier alpha value is -1.81. The summed E-state index contributed by atoms with van der Waals surface area (Å²) in [5, 5.41) is 1.59. The third-order valence-corrected chi connectivity index (χ3v) is 7.78. The first-order valence-corrected chi connectivity index (χ1v) is 17.0. The van der Waals surface area contributed by atoms with E-state index in [4.69, 9.17) is 9.57 Å². The minimum atomic E-state index is -0.417. The number of hydroxylamine groups is 1. The minimum absolute atomic E-state index is 0.240. The van der Waals surface area contributed by atoms with E-state index in [9.17, 15) is 4.79 Å². The molecule has 0 amide bonds. The quantitative estimate of drug-likeness (QED) is 0.0444. The van der Waals surface area contributed by atoms with E-state index in [0.717, 1.165) is 12.1 Å². The normalized spacial score (nSPS) is 11.9. The van der Waals surface area contributed by atoms with E-state index in [2.05, 4.69) is 20.4 Å². The maximum Gasteiger partial charge on any atom is 0.356 e. The maximum atomic E-state index is 12.6. The molecule has 0 radical (unpaired) electrons. The molecule has 0 spiro atoms. The van der Waals surface area contributed by atoms with Gasteiger partial charge in [0.05, 0.1) is 18.9 Å². The van der Waals surface area contributed by atoms with Gasteiger partial charge in [-0.3, -0.25) is 4.84 Å². The molecule has 0 aliphatic heterocycles. The molecule has 0 aliphatic carbocycles. The van der Waals surface area contributed by atoms with Crippen LogP contribution in [0.25, 0.3) is 0 Å². The number of benzene rings is 1. The summed E-state index contributed by atoms with van der Waals surface area (Å²) in [6.07, 6.45) is 27.4. The van der Waals surface area contributed by atoms with Gasteiger partial charge in [0.2, 0.25) is 0 Å². The number of esters is 1. The highest BCUT2D eigenvalue weighted by Crippen LogP contribution is 2.24. The van der Waals surface area contributed by atoms with Gasteiger partial charge in [-0.15, -0.1) is 0 Å². The molecule has 1 aromatic carbocycles. The van der Waals surface area contributed by atoms with Crippen LogP contribution in [-0.2, 0) is 14.4 Å². The monoisotopic (exact) mass is 557 g/mol. The second kappa shape index (κ2) is 26.1. The van der Waals surface area contributed by atoms with Crippen molar-refractivity contribution >= 4 is 11.7 Å². The van der Waals surface area contributed by atoms with E-state index in [-0.39, 0.29) is 5.70 Å². The molecule has 0 aliphatic rings. The predicted molar refractivity (Wildman–Crippen MR) is 172 cm³/mol. The zero-order valence-electron chi connectivity index (χ0n) is 26.6. The van der Waals surface area contributed by atoms with Gasteiger partial charge in [-0.2, -0.15) is 0 Å². The molecule has 0 heterocycles. The molecule has 1 unspecified atom stereocenters. The zero-order valence-corrected chi connectivity index (χ0v) is 26.6. The van der Waals surface area contributed by atoms with Crippen molar-refractivity contribution in [2.24, 2.45) is 5.92 Å². The summed E-state index contributed by atoms with van der Waals surface area (Å²) in [6, 6.07) is 9.79. The molecule has 0 saturated carbocycles. The summed E-state index contributed by atoms with van der Waals surface area (Å²) in [6.45, 7) is 11.6. The predicted octanol–water partition coefficient (Wildman–Crippen LogP) is 11.3. The summed E-state index contributed by atoms with van der Waals surface area (Å²) in [5.41, 5.74) is 1.05. The van der Waals surface area contributed by atoms with Gasteiger partial charge >= 0.3 is 5.97 Å². The SMILES string of the molecule is C=C(C(=O)OCCC)N(OCC(CCCCCCCCCC)CCCCCCCCCCCC)c1ccccc1. The van der Waals surface area contributed by atoms with Crippen molar-refractivity contribution in [3.05, 3.63) is 42.6 Å². The van der Waals surface area contributed by atoms with Gasteiger partial charge in [-0.05, 0) is 37.3 Å². The van der Waals surface area contributed by atoms with Crippen LogP contribution in [0.2, 0.25) is 0 Å².